The molecule has 98 valence electrons. The van der Waals surface area contributed by atoms with Crippen molar-refractivity contribution in [2.75, 3.05) is 12.0 Å². The molecule has 2 aromatic rings. The average molecular weight is 353 g/mol. The number of nitrogens with zero attached hydrogens (tertiary/aromatic N) is 1. The number of halogens is 2. The smallest absolute Gasteiger partial charge is 0.178 e. The van der Waals surface area contributed by atoms with Crippen LogP contribution in [-0.4, -0.2) is 30.0 Å². The fourth-order valence-corrected chi connectivity index (χ4v) is 2.79. The van der Waals surface area contributed by atoms with Gasteiger partial charge < -0.3 is 9.55 Å². The van der Waals surface area contributed by atoms with Crippen LogP contribution in [0.25, 0.3) is 11.0 Å². The number of benzene rings is 1. The van der Waals surface area contributed by atoms with E-state index in [1.54, 1.807) is 10.6 Å². The van der Waals surface area contributed by atoms with Gasteiger partial charge in [-0.3, -0.25) is 0 Å². The van der Waals surface area contributed by atoms with Crippen molar-refractivity contribution in [3.05, 3.63) is 27.2 Å². The molecule has 1 aromatic carbocycles. The van der Waals surface area contributed by atoms with Crippen molar-refractivity contribution >= 4 is 49.0 Å². The van der Waals surface area contributed by atoms with Crippen LogP contribution in [0.4, 0.5) is 4.39 Å². The number of sulfone groups is 1. The molecule has 0 radical (unpaired) electrons. The minimum atomic E-state index is -3.09. The molecule has 0 saturated carbocycles. The van der Waals surface area contributed by atoms with Crippen LogP contribution in [0.1, 0.15) is 0 Å². The molecule has 8 heteroatoms. The third-order valence-corrected chi connectivity index (χ3v) is 4.36. The van der Waals surface area contributed by atoms with Crippen LogP contribution in [0.5, 0.6) is 0 Å². The number of hydrogen-bond donors (Lipinski definition) is 1. The van der Waals surface area contributed by atoms with Gasteiger partial charge in [0.2, 0.25) is 0 Å². The van der Waals surface area contributed by atoms with Gasteiger partial charge in [-0.2, -0.15) is 0 Å². The Labute approximate surface area is 117 Å². The molecular formula is C10H10BrFN2O2S2. The standard InChI is InChI=1S/C10H10BrFN2O2S2/c1-18(15,16)3-2-14-9-5-7(12)6(11)4-8(9)13-10(14)17/h4-5H,2-3H2,1H3,(H,13,17). The third kappa shape index (κ3) is 2.81. The Bertz CT molecular complexity index is 764. The van der Waals surface area contributed by atoms with E-state index in [9.17, 15) is 12.8 Å². The molecule has 0 bridgehead atoms. The van der Waals surface area contributed by atoms with Gasteiger partial charge in [-0.25, -0.2) is 12.8 Å². The minimum Gasteiger partial charge on any atom is -0.331 e. The number of fused-ring (bicyclic) bond motifs is 1. The van der Waals surface area contributed by atoms with E-state index in [0.717, 1.165) is 6.26 Å². The van der Waals surface area contributed by atoms with Crippen LogP contribution in [0.2, 0.25) is 0 Å². The first-order valence-electron chi connectivity index (χ1n) is 5.03. The number of hydrogen-bond acceptors (Lipinski definition) is 3. The Morgan fingerprint density at radius 1 is 1.50 bits per heavy atom. The zero-order chi connectivity index (χ0) is 13.5. The Morgan fingerprint density at radius 3 is 2.78 bits per heavy atom. The highest BCUT2D eigenvalue weighted by molar-refractivity contribution is 9.10. The fourth-order valence-electron chi connectivity index (χ4n) is 1.63. The molecule has 0 unspecified atom stereocenters. The summed E-state index contributed by atoms with van der Waals surface area (Å²) < 4.78 is 38.1. The van der Waals surface area contributed by atoms with E-state index >= 15 is 0 Å². The van der Waals surface area contributed by atoms with Gasteiger partial charge in [-0.05, 0) is 34.2 Å². The molecule has 0 spiro atoms. The van der Waals surface area contributed by atoms with E-state index in [2.05, 4.69) is 20.9 Å². The highest BCUT2D eigenvalue weighted by Gasteiger charge is 2.10. The van der Waals surface area contributed by atoms with Crippen LogP contribution in [-0.2, 0) is 16.4 Å². The summed E-state index contributed by atoms with van der Waals surface area (Å²) >= 11 is 8.19. The predicted octanol–water partition coefficient (Wildman–Crippen LogP) is 2.65. The molecule has 0 saturated heterocycles. The second-order valence-electron chi connectivity index (χ2n) is 4.00. The molecule has 4 nitrogen and oxygen atoms in total. The molecule has 1 aromatic heterocycles. The molecule has 0 aliphatic heterocycles. The largest absolute Gasteiger partial charge is 0.331 e. The highest BCUT2D eigenvalue weighted by atomic mass is 79.9. The minimum absolute atomic E-state index is 0.0358. The lowest BCUT2D eigenvalue weighted by atomic mass is 10.3. The molecule has 1 N–H and O–H groups in total. The Balaban J connectivity index is 2.54. The number of aromatic nitrogens is 2. The van der Waals surface area contributed by atoms with E-state index in [1.807, 2.05) is 0 Å². The maximum Gasteiger partial charge on any atom is 0.178 e. The van der Waals surface area contributed by atoms with Gasteiger partial charge in [0, 0.05) is 18.9 Å². The van der Waals surface area contributed by atoms with Crippen LogP contribution in [0, 0.1) is 10.6 Å². The van der Waals surface area contributed by atoms with E-state index < -0.39 is 15.7 Å². The van der Waals surface area contributed by atoms with E-state index in [4.69, 9.17) is 12.2 Å². The molecule has 0 amide bonds. The van der Waals surface area contributed by atoms with E-state index in [-0.39, 0.29) is 12.3 Å². The van der Waals surface area contributed by atoms with Gasteiger partial charge >= 0.3 is 0 Å². The number of nitrogens with one attached hydrogen (secondary N) is 1. The lowest BCUT2D eigenvalue weighted by molar-refractivity contribution is 0.595. The SMILES string of the molecule is CS(=O)(=O)CCn1c(=S)[nH]c2cc(Br)c(F)cc21. The van der Waals surface area contributed by atoms with Gasteiger partial charge in [-0.1, -0.05) is 0 Å². The van der Waals surface area contributed by atoms with Gasteiger partial charge in [0.25, 0.3) is 0 Å². The Morgan fingerprint density at radius 2 is 2.17 bits per heavy atom. The van der Waals surface area contributed by atoms with Gasteiger partial charge in [0.1, 0.15) is 15.7 Å². The number of imidazole rings is 1. The number of aryl methyl sites for hydroxylation is 1. The normalized spacial score (nSPS) is 12.2. The number of aromatic amines is 1. The molecule has 0 aliphatic rings. The molecule has 2 rings (SSSR count). The summed E-state index contributed by atoms with van der Waals surface area (Å²) in [7, 11) is -3.09. The van der Waals surface area contributed by atoms with Crippen molar-refractivity contribution in [3.8, 4) is 0 Å². The van der Waals surface area contributed by atoms with Gasteiger partial charge in [0.05, 0.1) is 21.3 Å². The fraction of sp³-hybridized carbons (Fsp3) is 0.300. The summed E-state index contributed by atoms with van der Waals surface area (Å²) in [6, 6.07) is 2.91. The Kier molecular flexibility index (Phi) is 3.61. The Hall–Kier alpha value is -0.730. The van der Waals surface area contributed by atoms with Crippen LogP contribution >= 0.6 is 28.1 Å². The van der Waals surface area contributed by atoms with Crippen molar-refractivity contribution < 1.29 is 12.8 Å². The van der Waals surface area contributed by atoms with E-state index in [1.165, 1.54) is 6.07 Å². The summed E-state index contributed by atoms with van der Waals surface area (Å²) in [5.74, 6) is -0.448. The maximum atomic E-state index is 13.5. The highest BCUT2D eigenvalue weighted by Crippen LogP contribution is 2.23. The molecule has 0 aliphatic carbocycles. The van der Waals surface area contributed by atoms with Crippen molar-refractivity contribution in [1.29, 1.82) is 0 Å². The summed E-state index contributed by atoms with van der Waals surface area (Å²) in [6.07, 6.45) is 1.16. The second kappa shape index (κ2) is 4.75. The molecule has 18 heavy (non-hydrogen) atoms. The van der Waals surface area contributed by atoms with Crippen molar-refractivity contribution in [2.24, 2.45) is 0 Å². The van der Waals surface area contributed by atoms with Crippen molar-refractivity contribution in [1.82, 2.24) is 9.55 Å². The predicted molar refractivity (Wildman–Crippen MR) is 74.5 cm³/mol. The third-order valence-electron chi connectivity index (χ3n) is 2.50. The van der Waals surface area contributed by atoms with Crippen LogP contribution in [0.15, 0.2) is 16.6 Å². The van der Waals surface area contributed by atoms with Gasteiger partial charge in [-0.15, -0.1) is 0 Å². The first kappa shape index (κ1) is 13.7. The summed E-state index contributed by atoms with van der Waals surface area (Å²) in [5, 5.41) is 0. The number of rotatable bonds is 3. The monoisotopic (exact) mass is 352 g/mol. The summed E-state index contributed by atoms with van der Waals surface area (Å²) in [4.78, 5) is 2.92. The quantitative estimate of drug-likeness (QED) is 0.864. The first-order valence-corrected chi connectivity index (χ1v) is 8.29. The van der Waals surface area contributed by atoms with E-state index in [0.29, 0.717) is 20.3 Å². The molecular weight excluding hydrogens is 343 g/mol. The summed E-state index contributed by atoms with van der Waals surface area (Å²) in [6.45, 7) is 0.207. The van der Waals surface area contributed by atoms with Gasteiger partial charge in [0.15, 0.2) is 4.77 Å². The topological polar surface area (TPSA) is 54.9 Å². The lowest BCUT2D eigenvalue weighted by Gasteiger charge is -2.03. The summed E-state index contributed by atoms with van der Waals surface area (Å²) in [5.41, 5.74) is 1.23. The number of H-pyrrole nitrogens is 1. The first-order chi connectivity index (χ1) is 8.28. The zero-order valence-corrected chi connectivity index (χ0v) is 12.6. The molecule has 1 heterocycles. The molecule has 0 atom stereocenters. The van der Waals surface area contributed by atoms with Crippen LogP contribution < -0.4 is 0 Å². The maximum absolute atomic E-state index is 13.5. The lowest BCUT2D eigenvalue weighted by Crippen LogP contribution is -2.11. The molecule has 0 fully saturated rings. The van der Waals surface area contributed by atoms with Crippen LogP contribution in [0.3, 0.4) is 0 Å². The van der Waals surface area contributed by atoms with Crippen molar-refractivity contribution in [3.63, 3.8) is 0 Å². The zero-order valence-electron chi connectivity index (χ0n) is 9.41. The van der Waals surface area contributed by atoms with Crippen molar-refractivity contribution in [2.45, 2.75) is 6.54 Å². The second-order valence-corrected chi connectivity index (χ2v) is 7.50. The average Bonchev–Trinajstić information content (AvgIpc) is 2.51.